The molecule has 0 unspecified atom stereocenters. The van der Waals surface area contributed by atoms with Crippen molar-refractivity contribution in [3.63, 3.8) is 0 Å². The highest BCUT2D eigenvalue weighted by atomic mass is 16.5. The van der Waals surface area contributed by atoms with E-state index in [1.165, 1.54) is 6.08 Å². The van der Waals surface area contributed by atoms with E-state index in [2.05, 4.69) is 5.32 Å². The first-order valence-corrected chi connectivity index (χ1v) is 9.33. The van der Waals surface area contributed by atoms with Crippen LogP contribution in [0.15, 0.2) is 84.9 Å². The predicted molar refractivity (Wildman–Crippen MR) is 118 cm³/mol. The first-order chi connectivity index (χ1) is 14.5. The molecule has 3 aromatic rings. The number of hydrogen-bond donors (Lipinski definition) is 2. The van der Waals surface area contributed by atoms with Crippen LogP contribution in [0.1, 0.15) is 5.56 Å². The van der Waals surface area contributed by atoms with Gasteiger partial charge in [-0.15, -0.1) is 0 Å². The van der Waals surface area contributed by atoms with Crippen LogP contribution in [0, 0.1) is 0 Å². The van der Waals surface area contributed by atoms with Gasteiger partial charge in [-0.2, -0.15) is 0 Å². The minimum absolute atomic E-state index is 0.168. The summed E-state index contributed by atoms with van der Waals surface area (Å²) in [5.74, 6) is -0.479. The highest BCUT2D eigenvalue weighted by molar-refractivity contribution is 6.02. The second kappa shape index (κ2) is 9.93. The fourth-order valence-corrected chi connectivity index (χ4v) is 2.90. The molecule has 152 valence electrons. The lowest BCUT2D eigenvalue weighted by atomic mass is 10.2. The SMILES string of the molecule is COc1cccc(C=CC(=O)Nc2ccc(N(CC(=O)O)c3ccccc3)cc2)c1. The Hall–Kier alpha value is -4.06. The van der Waals surface area contributed by atoms with E-state index in [-0.39, 0.29) is 12.5 Å². The maximum atomic E-state index is 12.2. The summed E-state index contributed by atoms with van der Waals surface area (Å²) in [7, 11) is 1.59. The van der Waals surface area contributed by atoms with Crippen LogP contribution in [0.25, 0.3) is 6.08 Å². The number of carbonyl (C=O) groups is 2. The van der Waals surface area contributed by atoms with Crippen LogP contribution in [0.5, 0.6) is 5.75 Å². The number of amides is 1. The molecule has 30 heavy (non-hydrogen) atoms. The van der Waals surface area contributed by atoms with Crippen molar-refractivity contribution in [1.82, 2.24) is 0 Å². The van der Waals surface area contributed by atoms with E-state index in [0.717, 1.165) is 17.0 Å². The number of benzene rings is 3. The topological polar surface area (TPSA) is 78.9 Å². The Morgan fingerprint density at radius 1 is 0.967 bits per heavy atom. The van der Waals surface area contributed by atoms with Crippen LogP contribution < -0.4 is 15.0 Å². The largest absolute Gasteiger partial charge is 0.497 e. The first kappa shape index (κ1) is 20.7. The third-order valence-corrected chi connectivity index (χ3v) is 4.33. The Morgan fingerprint density at radius 3 is 2.33 bits per heavy atom. The van der Waals surface area contributed by atoms with Gasteiger partial charge >= 0.3 is 5.97 Å². The van der Waals surface area contributed by atoms with Crippen LogP contribution in [0.4, 0.5) is 17.1 Å². The molecule has 0 atom stereocenters. The molecular formula is C24H22N2O4. The number of anilines is 3. The third kappa shape index (κ3) is 5.72. The van der Waals surface area contributed by atoms with Gasteiger partial charge in [0.05, 0.1) is 7.11 Å². The van der Waals surface area contributed by atoms with Gasteiger partial charge in [-0.1, -0.05) is 30.3 Å². The molecule has 0 radical (unpaired) electrons. The minimum atomic E-state index is -0.932. The number of para-hydroxylation sites is 1. The minimum Gasteiger partial charge on any atom is -0.497 e. The van der Waals surface area contributed by atoms with E-state index in [1.54, 1.807) is 42.4 Å². The molecule has 0 spiro atoms. The van der Waals surface area contributed by atoms with Crippen molar-refractivity contribution in [2.75, 3.05) is 23.9 Å². The van der Waals surface area contributed by atoms with Crippen LogP contribution in [0.2, 0.25) is 0 Å². The number of aliphatic carboxylic acids is 1. The van der Waals surface area contributed by atoms with Gasteiger partial charge in [0.2, 0.25) is 5.91 Å². The molecule has 0 saturated carbocycles. The smallest absolute Gasteiger partial charge is 0.323 e. The molecule has 0 heterocycles. The molecule has 3 rings (SSSR count). The average molecular weight is 402 g/mol. The number of hydrogen-bond acceptors (Lipinski definition) is 4. The summed E-state index contributed by atoms with van der Waals surface area (Å²) in [4.78, 5) is 25.2. The maximum absolute atomic E-state index is 12.2. The van der Waals surface area contributed by atoms with E-state index in [9.17, 15) is 14.7 Å². The maximum Gasteiger partial charge on any atom is 0.323 e. The Morgan fingerprint density at radius 2 is 1.67 bits per heavy atom. The average Bonchev–Trinajstić information content (AvgIpc) is 2.77. The molecule has 3 aromatic carbocycles. The van der Waals surface area contributed by atoms with Crippen LogP contribution in [-0.2, 0) is 9.59 Å². The van der Waals surface area contributed by atoms with Gasteiger partial charge in [0.1, 0.15) is 12.3 Å². The molecule has 0 bridgehead atoms. The third-order valence-electron chi connectivity index (χ3n) is 4.33. The van der Waals surface area contributed by atoms with Crippen molar-refractivity contribution >= 4 is 35.0 Å². The Bertz CT molecular complexity index is 1030. The molecule has 0 aromatic heterocycles. The second-order valence-electron chi connectivity index (χ2n) is 6.46. The highest BCUT2D eigenvalue weighted by Gasteiger charge is 2.13. The molecule has 6 heteroatoms. The standard InChI is InChI=1S/C24H22N2O4/c1-30-22-9-5-6-18(16-22)10-15-23(27)25-19-11-13-21(14-12-19)26(17-24(28)29)20-7-3-2-4-8-20/h2-16H,17H2,1H3,(H,25,27)(H,28,29). The summed E-state index contributed by atoms with van der Waals surface area (Å²) >= 11 is 0. The number of carboxylic acid groups (broad SMARTS) is 1. The molecular weight excluding hydrogens is 380 g/mol. The van der Waals surface area contributed by atoms with E-state index in [4.69, 9.17) is 4.74 Å². The summed E-state index contributed by atoms with van der Waals surface area (Å²) in [5.41, 5.74) is 2.96. The number of ether oxygens (including phenoxy) is 1. The summed E-state index contributed by atoms with van der Waals surface area (Å²) in [6.45, 7) is -0.168. The predicted octanol–water partition coefficient (Wildman–Crippen LogP) is 4.57. The number of nitrogens with zero attached hydrogens (tertiary/aromatic N) is 1. The fraction of sp³-hybridized carbons (Fsp3) is 0.0833. The van der Waals surface area contributed by atoms with Crippen molar-refractivity contribution in [2.45, 2.75) is 0 Å². The molecule has 2 N–H and O–H groups in total. The molecule has 0 aliphatic rings. The van der Waals surface area contributed by atoms with Gasteiger partial charge in [-0.3, -0.25) is 9.59 Å². The summed E-state index contributed by atoms with van der Waals surface area (Å²) in [6, 6.07) is 23.7. The van der Waals surface area contributed by atoms with Gasteiger partial charge in [0.25, 0.3) is 0 Å². The van der Waals surface area contributed by atoms with Crippen molar-refractivity contribution in [1.29, 1.82) is 0 Å². The van der Waals surface area contributed by atoms with Crippen molar-refractivity contribution < 1.29 is 19.4 Å². The van der Waals surface area contributed by atoms with Gasteiger partial charge in [-0.25, -0.2) is 0 Å². The summed E-state index contributed by atoms with van der Waals surface area (Å²) < 4.78 is 5.17. The van der Waals surface area contributed by atoms with E-state index in [0.29, 0.717) is 11.4 Å². The summed E-state index contributed by atoms with van der Waals surface area (Å²) in [5, 5.41) is 12.0. The molecule has 1 amide bonds. The zero-order chi connectivity index (χ0) is 21.3. The Labute approximate surface area is 175 Å². The number of rotatable bonds is 8. The molecule has 6 nitrogen and oxygen atoms in total. The fourth-order valence-electron chi connectivity index (χ4n) is 2.90. The number of carboxylic acids is 1. The van der Waals surface area contributed by atoms with Gasteiger partial charge in [0.15, 0.2) is 0 Å². The van der Waals surface area contributed by atoms with Gasteiger partial charge < -0.3 is 20.1 Å². The first-order valence-electron chi connectivity index (χ1n) is 9.33. The molecule has 0 aliphatic heterocycles. The Kier molecular flexibility index (Phi) is 6.84. The number of methoxy groups -OCH3 is 1. The Balaban J connectivity index is 1.69. The van der Waals surface area contributed by atoms with E-state index >= 15 is 0 Å². The molecule has 0 fully saturated rings. The normalized spacial score (nSPS) is 10.6. The monoisotopic (exact) mass is 402 g/mol. The van der Waals surface area contributed by atoms with Crippen molar-refractivity contribution in [3.8, 4) is 5.75 Å². The molecule has 0 saturated heterocycles. The van der Waals surface area contributed by atoms with E-state index in [1.807, 2.05) is 54.6 Å². The van der Waals surface area contributed by atoms with Crippen LogP contribution in [-0.4, -0.2) is 30.6 Å². The lowest BCUT2D eigenvalue weighted by Crippen LogP contribution is -2.24. The lowest BCUT2D eigenvalue weighted by molar-refractivity contribution is -0.135. The van der Waals surface area contributed by atoms with Crippen LogP contribution in [0.3, 0.4) is 0 Å². The quantitative estimate of drug-likeness (QED) is 0.540. The van der Waals surface area contributed by atoms with Crippen LogP contribution >= 0.6 is 0 Å². The highest BCUT2D eigenvalue weighted by Crippen LogP contribution is 2.26. The number of nitrogens with one attached hydrogen (secondary N) is 1. The van der Waals surface area contributed by atoms with Gasteiger partial charge in [0, 0.05) is 23.1 Å². The van der Waals surface area contributed by atoms with Crippen molar-refractivity contribution in [3.05, 3.63) is 90.5 Å². The number of carbonyl (C=O) groups excluding carboxylic acids is 1. The zero-order valence-corrected chi connectivity index (χ0v) is 16.5. The van der Waals surface area contributed by atoms with Gasteiger partial charge in [-0.05, 0) is 60.2 Å². The second-order valence-corrected chi connectivity index (χ2v) is 6.46. The zero-order valence-electron chi connectivity index (χ0n) is 16.5. The summed E-state index contributed by atoms with van der Waals surface area (Å²) in [6.07, 6.45) is 3.15. The lowest BCUT2D eigenvalue weighted by Gasteiger charge is -2.23. The van der Waals surface area contributed by atoms with E-state index < -0.39 is 5.97 Å². The van der Waals surface area contributed by atoms with Crippen molar-refractivity contribution in [2.24, 2.45) is 0 Å². The molecule has 0 aliphatic carbocycles.